The summed E-state index contributed by atoms with van der Waals surface area (Å²) < 4.78 is 0. The number of phenols is 1. The van der Waals surface area contributed by atoms with Crippen LogP contribution in [0.15, 0.2) is 109 Å². The maximum absolute atomic E-state index is 11.6. The summed E-state index contributed by atoms with van der Waals surface area (Å²) in [7, 11) is 0. The van der Waals surface area contributed by atoms with Crippen molar-refractivity contribution in [2.24, 2.45) is 17.3 Å². The van der Waals surface area contributed by atoms with Crippen LogP contribution in [0.1, 0.15) is 125 Å². The van der Waals surface area contributed by atoms with Crippen molar-refractivity contribution < 1.29 is 5.11 Å². The second-order valence-corrected chi connectivity index (χ2v) is 20.5. The van der Waals surface area contributed by atoms with Crippen LogP contribution in [0.25, 0.3) is 0 Å². The first-order valence-corrected chi connectivity index (χ1v) is 21.5. The number of hydrogen-bond acceptors (Lipinski definition) is 5. The van der Waals surface area contributed by atoms with Gasteiger partial charge in [0, 0.05) is 58.0 Å². The smallest absolute Gasteiger partial charge is 0.124 e. The monoisotopic (exact) mass is 781 g/mol. The maximum atomic E-state index is 11.6. The molecule has 0 bridgehead atoms. The lowest BCUT2D eigenvalue weighted by Crippen LogP contribution is -2.34. The zero-order valence-corrected chi connectivity index (χ0v) is 37.8. The first kappa shape index (κ1) is 44.2. The molecule has 0 spiro atoms. The Hall–Kier alpha value is -4.90. The van der Waals surface area contributed by atoms with Gasteiger partial charge in [0.05, 0.1) is 0 Å². The van der Waals surface area contributed by atoms with E-state index in [0.29, 0.717) is 29.5 Å². The van der Waals surface area contributed by atoms with E-state index in [4.69, 9.17) is 0 Å². The van der Waals surface area contributed by atoms with Gasteiger partial charge < -0.3 is 26.0 Å². The number of phenolic OH excluding ortho intramolecular Hbond substituents is 1. The molecule has 0 heterocycles. The lowest BCUT2D eigenvalue weighted by atomic mass is 9.79. The average molecular weight is 781 g/mol. The third-order valence-corrected chi connectivity index (χ3v) is 10.9. The molecule has 0 aliphatic heterocycles. The number of anilines is 7. The maximum Gasteiger partial charge on any atom is 0.124 e. The van der Waals surface area contributed by atoms with E-state index in [9.17, 15) is 5.11 Å². The fraction of sp³-hybridized carbons (Fsp3) is 0.434. The molecule has 5 rings (SSSR count). The minimum atomic E-state index is -0.168. The van der Waals surface area contributed by atoms with E-state index in [0.717, 1.165) is 63.8 Å². The zero-order chi connectivity index (χ0) is 42.4. The van der Waals surface area contributed by atoms with E-state index >= 15 is 0 Å². The standard InChI is InChI=1S/C53H72N4O/c1-36(2)30-38(4)57(35-40-32-41(52(8,9)10)33-49(50(40)58)53(11,12)13)48-28-26-47(27-29-48)56-46-24-22-45(23-25-46)55-44-20-18-43(19-21-44)54-42-16-14-39(15-17-42)31-37(3)34-51(5,6)7/h14-29,32-33,36-38,54-56,58H,30-31,34-35H2,1-13H3. The minimum Gasteiger partial charge on any atom is -0.507 e. The van der Waals surface area contributed by atoms with Gasteiger partial charge in [0.1, 0.15) is 5.75 Å². The first-order chi connectivity index (χ1) is 27.1. The molecule has 2 unspecified atom stereocenters. The molecule has 0 aliphatic carbocycles. The molecule has 5 aromatic rings. The van der Waals surface area contributed by atoms with Crippen LogP contribution in [-0.4, -0.2) is 11.1 Å². The summed E-state index contributed by atoms with van der Waals surface area (Å²) in [5, 5.41) is 22.3. The molecule has 0 aromatic heterocycles. The van der Waals surface area contributed by atoms with E-state index < -0.39 is 0 Å². The average Bonchev–Trinajstić information content (AvgIpc) is 3.12. The lowest BCUT2D eigenvalue weighted by molar-refractivity contribution is 0.306. The Kier molecular flexibility index (Phi) is 14.0. The van der Waals surface area contributed by atoms with Crippen LogP contribution >= 0.6 is 0 Å². The van der Waals surface area contributed by atoms with Crippen LogP contribution in [0.3, 0.4) is 0 Å². The van der Waals surface area contributed by atoms with Crippen molar-refractivity contribution in [1.82, 2.24) is 0 Å². The van der Waals surface area contributed by atoms with Crippen molar-refractivity contribution in [3.63, 3.8) is 0 Å². The Morgan fingerprint density at radius 3 is 1.34 bits per heavy atom. The van der Waals surface area contributed by atoms with Gasteiger partial charge in [-0.1, -0.05) is 101 Å². The van der Waals surface area contributed by atoms with Crippen LogP contribution in [-0.2, 0) is 23.8 Å². The second-order valence-electron chi connectivity index (χ2n) is 20.5. The molecule has 5 aromatic carbocycles. The molecule has 0 radical (unpaired) electrons. The Morgan fingerprint density at radius 2 is 0.966 bits per heavy atom. The molecule has 0 saturated heterocycles. The van der Waals surface area contributed by atoms with Crippen LogP contribution in [0, 0.1) is 17.3 Å². The van der Waals surface area contributed by atoms with E-state index in [1.54, 1.807) is 0 Å². The third-order valence-electron chi connectivity index (χ3n) is 10.9. The van der Waals surface area contributed by atoms with Gasteiger partial charge in [-0.05, 0) is 162 Å². The van der Waals surface area contributed by atoms with Gasteiger partial charge in [-0.25, -0.2) is 0 Å². The largest absolute Gasteiger partial charge is 0.507 e. The van der Waals surface area contributed by atoms with Gasteiger partial charge in [-0.3, -0.25) is 0 Å². The second kappa shape index (κ2) is 18.4. The molecular formula is C53H72N4O. The van der Waals surface area contributed by atoms with Crippen LogP contribution in [0.4, 0.5) is 39.8 Å². The number of rotatable bonds is 15. The fourth-order valence-corrected chi connectivity index (χ4v) is 8.07. The van der Waals surface area contributed by atoms with Crippen molar-refractivity contribution >= 4 is 39.8 Å². The van der Waals surface area contributed by atoms with Gasteiger partial charge in [0.25, 0.3) is 0 Å². The Labute approximate surface area is 351 Å². The van der Waals surface area contributed by atoms with Crippen molar-refractivity contribution in [1.29, 1.82) is 0 Å². The molecule has 5 heteroatoms. The van der Waals surface area contributed by atoms with Crippen molar-refractivity contribution in [2.75, 3.05) is 20.9 Å². The van der Waals surface area contributed by atoms with Crippen molar-refractivity contribution in [3.8, 4) is 5.75 Å². The summed E-state index contributed by atoms with van der Waals surface area (Å²) in [5.41, 5.74) is 12.2. The quantitative estimate of drug-likeness (QED) is 0.0852. The molecule has 310 valence electrons. The highest BCUT2D eigenvalue weighted by molar-refractivity contribution is 5.69. The Bertz CT molecular complexity index is 2040. The topological polar surface area (TPSA) is 59.6 Å². The van der Waals surface area contributed by atoms with Gasteiger partial charge >= 0.3 is 0 Å². The van der Waals surface area contributed by atoms with Crippen LogP contribution in [0.5, 0.6) is 5.75 Å². The van der Waals surface area contributed by atoms with Crippen molar-refractivity contribution in [2.45, 2.75) is 133 Å². The Morgan fingerprint density at radius 1 is 0.552 bits per heavy atom. The highest BCUT2D eigenvalue weighted by atomic mass is 16.3. The molecule has 0 saturated carbocycles. The number of nitrogens with one attached hydrogen (secondary N) is 3. The fourth-order valence-electron chi connectivity index (χ4n) is 8.07. The third kappa shape index (κ3) is 12.8. The molecule has 0 fully saturated rings. The predicted molar refractivity (Wildman–Crippen MR) is 253 cm³/mol. The van der Waals surface area contributed by atoms with Gasteiger partial charge in [-0.2, -0.15) is 0 Å². The molecule has 0 aliphatic rings. The van der Waals surface area contributed by atoms with E-state index in [-0.39, 0.29) is 16.9 Å². The van der Waals surface area contributed by atoms with Gasteiger partial charge in [0.2, 0.25) is 0 Å². The summed E-state index contributed by atoms with van der Waals surface area (Å²) in [6, 6.07) is 39.1. The van der Waals surface area contributed by atoms with Crippen molar-refractivity contribution in [3.05, 3.63) is 131 Å². The first-order valence-electron chi connectivity index (χ1n) is 21.5. The Balaban J connectivity index is 1.21. The highest BCUT2D eigenvalue weighted by Crippen LogP contribution is 2.39. The summed E-state index contributed by atoms with van der Waals surface area (Å²) in [4.78, 5) is 2.45. The predicted octanol–water partition coefficient (Wildman–Crippen LogP) is 15.3. The number of benzene rings is 5. The molecule has 0 amide bonds. The van der Waals surface area contributed by atoms with Gasteiger partial charge in [-0.15, -0.1) is 0 Å². The van der Waals surface area contributed by atoms with Crippen LogP contribution < -0.4 is 20.9 Å². The van der Waals surface area contributed by atoms with E-state index in [2.05, 4.69) is 220 Å². The summed E-state index contributed by atoms with van der Waals surface area (Å²) in [6.45, 7) is 30.1. The highest BCUT2D eigenvalue weighted by Gasteiger charge is 2.27. The van der Waals surface area contributed by atoms with E-state index in [1.807, 2.05) is 0 Å². The number of nitrogens with zero attached hydrogens (tertiary/aromatic N) is 1. The lowest BCUT2D eigenvalue weighted by Gasteiger charge is -2.34. The van der Waals surface area contributed by atoms with Gasteiger partial charge in [0.15, 0.2) is 0 Å². The summed E-state index contributed by atoms with van der Waals surface area (Å²) in [5.74, 6) is 1.64. The molecule has 5 nitrogen and oxygen atoms in total. The normalized spacial score (nSPS) is 13.3. The zero-order valence-electron chi connectivity index (χ0n) is 37.8. The number of aromatic hydroxyl groups is 1. The molecule has 2 atom stereocenters. The number of hydrogen-bond donors (Lipinski definition) is 4. The summed E-state index contributed by atoms with van der Waals surface area (Å²) >= 11 is 0. The summed E-state index contributed by atoms with van der Waals surface area (Å²) in [6.07, 6.45) is 3.39. The molecular weight excluding hydrogens is 709 g/mol. The van der Waals surface area contributed by atoms with Crippen LogP contribution in [0.2, 0.25) is 0 Å². The van der Waals surface area contributed by atoms with E-state index in [1.165, 1.54) is 17.5 Å². The minimum absolute atomic E-state index is 0.0272. The molecule has 58 heavy (non-hydrogen) atoms. The SMILES string of the molecule is CC(C)CC(C)N(Cc1cc(C(C)(C)C)cc(C(C)(C)C)c1O)c1ccc(Nc2ccc(Nc3ccc(Nc4ccc(CC(C)CC(C)(C)C)cc4)cc3)cc2)cc1. The molecule has 4 N–H and O–H groups in total.